The first-order chi connectivity index (χ1) is 32.8. The summed E-state index contributed by atoms with van der Waals surface area (Å²) in [6.07, 6.45) is 5.19. The second kappa shape index (κ2) is 19.3. The fraction of sp³-hybridized carbons (Fsp3) is 0.172. The summed E-state index contributed by atoms with van der Waals surface area (Å²) in [6, 6.07) is 58.8. The first-order valence-electron chi connectivity index (χ1n) is 22.9. The van der Waals surface area contributed by atoms with Gasteiger partial charge in [-0.3, -0.25) is 19.3 Å². The molecule has 67 heavy (non-hydrogen) atoms. The van der Waals surface area contributed by atoms with Crippen molar-refractivity contribution in [1.29, 1.82) is 0 Å². The number of nitrogens with zero attached hydrogens (tertiary/aromatic N) is 6. The molecule has 6 aromatic carbocycles. The molecule has 9 nitrogen and oxygen atoms in total. The summed E-state index contributed by atoms with van der Waals surface area (Å²) in [5.74, 6) is 1.40. The van der Waals surface area contributed by atoms with Crippen molar-refractivity contribution in [3.8, 4) is 56.3 Å². The van der Waals surface area contributed by atoms with Gasteiger partial charge in [0.05, 0.1) is 34.8 Å². The van der Waals surface area contributed by atoms with Crippen molar-refractivity contribution in [3.63, 3.8) is 0 Å². The quantitative estimate of drug-likeness (QED) is 0.103. The Morgan fingerprint density at radius 2 is 0.851 bits per heavy atom. The van der Waals surface area contributed by atoms with Gasteiger partial charge in [0, 0.05) is 70.6 Å². The predicted octanol–water partition coefficient (Wildman–Crippen LogP) is 11.8. The van der Waals surface area contributed by atoms with Crippen molar-refractivity contribution in [1.82, 2.24) is 34.8 Å². The number of rotatable bonds is 16. The molecule has 0 amide bonds. The Morgan fingerprint density at radius 1 is 0.463 bits per heavy atom. The van der Waals surface area contributed by atoms with Crippen molar-refractivity contribution >= 4 is 21.8 Å². The van der Waals surface area contributed by atoms with Gasteiger partial charge in [-0.15, -0.1) is 0 Å². The number of hydrogen-bond acceptors (Lipinski definition) is 7. The maximum Gasteiger partial charge on any atom is 0.138 e. The smallest absolute Gasteiger partial charge is 0.138 e. The number of aromatic nitrogens is 6. The summed E-state index contributed by atoms with van der Waals surface area (Å²) in [6.45, 7) is 5.01. The highest BCUT2D eigenvalue weighted by molar-refractivity contribution is 5.91. The minimum Gasteiger partial charge on any atom is -0.490 e. The average Bonchev–Trinajstić information content (AvgIpc) is 3.83. The van der Waals surface area contributed by atoms with Crippen LogP contribution < -0.4 is 14.8 Å². The minimum atomic E-state index is -0.0741. The number of aryl methyl sites for hydroxylation is 4. The lowest BCUT2D eigenvalue weighted by molar-refractivity contribution is 0.211. The molecule has 0 radical (unpaired) electrons. The highest BCUT2D eigenvalue weighted by Gasteiger charge is 2.21. The average molecular weight is 880 g/mol. The SMILES string of the molecule is Cc1c2cc(-c3cc(OC[C@H](Cc4ccccc4)N[C@H](COc4cnc(-c5ccccc5)c(-c5ccc6nn(C)c(C)c6c5)c4)Cc4ccccc4)cnc3-c3ccccc3)ccc2nn1C. The zero-order valence-corrected chi connectivity index (χ0v) is 38.3. The summed E-state index contributed by atoms with van der Waals surface area (Å²) in [5.41, 5.74) is 14.6. The molecule has 0 spiro atoms. The van der Waals surface area contributed by atoms with E-state index in [0.29, 0.717) is 24.7 Å². The summed E-state index contributed by atoms with van der Waals surface area (Å²) in [7, 11) is 3.97. The fourth-order valence-electron chi connectivity index (χ4n) is 8.98. The molecule has 0 saturated carbocycles. The van der Waals surface area contributed by atoms with Crippen molar-refractivity contribution in [2.24, 2.45) is 14.1 Å². The Balaban J connectivity index is 0.954. The Kier molecular flexibility index (Phi) is 12.4. The summed E-state index contributed by atoms with van der Waals surface area (Å²) in [4.78, 5) is 10.1. The van der Waals surface area contributed by atoms with Crippen LogP contribution >= 0.6 is 0 Å². The lowest BCUT2D eigenvalue weighted by Crippen LogP contribution is -2.47. The molecule has 0 aliphatic rings. The van der Waals surface area contributed by atoms with Crippen molar-refractivity contribution < 1.29 is 9.47 Å². The Labute approximate surface area is 391 Å². The molecule has 9 heteroatoms. The molecular formula is C58H53N7O2. The van der Waals surface area contributed by atoms with Gasteiger partial charge >= 0.3 is 0 Å². The van der Waals surface area contributed by atoms with Crippen LogP contribution in [0.1, 0.15) is 22.5 Å². The number of benzene rings is 6. The van der Waals surface area contributed by atoms with Crippen LogP contribution in [0.4, 0.5) is 0 Å². The number of pyridine rings is 2. The second-order valence-electron chi connectivity index (χ2n) is 17.3. The third kappa shape index (κ3) is 9.60. The van der Waals surface area contributed by atoms with Crippen LogP contribution in [-0.2, 0) is 26.9 Å². The Hall–Kier alpha value is -7.88. The topological polar surface area (TPSA) is 91.9 Å². The van der Waals surface area contributed by atoms with Gasteiger partial charge in [0.25, 0.3) is 0 Å². The molecular weight excluding hydrogens is 827 g/mol. The summed E-state index contributed by atoms with van der Waals surface area (Å²) in [5, 5.41) is 15.7. The van der Waals surface area contributed by atoms with Crippen LogP contribution in [0, 0.1) is 13.8 Å². The molecule has 2 atom stereocenters. The normalized spacial score (nSPS) is 12.4. The van der Waals surface area contributed by atoms with Crippen molar-refractivity contribution in [3.05, 3.63) is 205 Å². The van der Waals surface area contributed by atoms with E-state index in [2.05, 4.69) is 153 Å². The van der Waals surface area contributed by atoms with Gasteiger partial charge in [-0.25, -0.2) is 0 Å². The summed E-state index contributed by atoms with van der Waals surface area (Å²) < 4.78 is 17.4. The standard InChI is InChI=1S/C58H53N7O2/c1-39-51-31-45(25-27-55(51)62-64(39)3)53-33-49(35-59-57(53)43-21-13-7-14-22-43)66-37-47(29-41-17-9-5-10-18-41)61-48(30-42-19-11-6-12-20-42)38-67-50-34-54(58(60-36-50)44-23-15-8-16-24-44)46-26-28-56-52(32-46)40(2)65(4)63-56/h5-28,31-36,47-48,61H,29-30,37-38H2,1-4H3/t47-,48-/m0/s1. The number of nitrogens with one attached hydrogen (secondary N) is 1. The van der Waals surface area contributed by atoms with E-state index in [1.165, 1.54) is 11.1 Å². The second-order valence-corrected chi connectivity index (χ2v) is 17.3. The molecule has 332 valence electrons. The van der Waals surface area contributed by atoms with Crippen LogP contribution in [0.15, 0.2) is 182 Å². The molecule has 4 heterocycles. The van der Waals surface area contributed by atoms with E-state index in [9.17, 15) is 0 Å². The maximum absolute atomic E-state index is 6.78. The van der Waals surface area contributed by atoms with Gasteiger partial charge in [0.15, 0.2) is 0 Å². The van der Waals surface area contributed by atoms with E-state index in [-0.39, 0.29) is 12.1 Å². The number of fused-ring (bicyclic) bond motifs is 2. The zero-order valence-electron chi connectivity index (χ0n) is 38.3. The van der Waals surface area contributed by atoms with Crippen molar-refractivity contribution in [2.75, 3.05) is 13.2 Å². The number of ether oxygens (including phenoxy) is 2. The third-order valence-electron chi connectivity index (χ3n) is 12.7. The molecule has 0 aliphatic heterocycles. The van der Waals surface area contributed by atoms with Crippen LogP contribution in [-0.4, -0.2) is 54.8 Å². The van der Waals surface area contributed by atoms with Gasteiger partial charge in [-0.2, -0.15) is 10.2 Å². The summed E-state index contributed by atoms with van der Waals surface area (Å²) >= 11 is 0. The first-order valence-corrected chi connectivity index (χ1v) is 22.9. The Morgan fingerprint density at radius 3 is 1.25 bits per heavy atom. The zero-order chi connectivity index (χ0) is 45.7. The van der Waals surface area contributed by atoms with E-state index in [1.54, 1.807) is 0 Å². The highest BCUT2D eigenvalue weighted by atomic mass is 16.5. The van der Waals surface area contributed by atoms with Gasteiger partial charge in [-0.1, -0.05) is 133 Å². The lowest BCUT2D eigenvalue weighted by Gasteiger charge is -2.27. The molecule has 4 aromatic heterocycles. The van der Waals surface area contributed by atoms with E-state index in [1.807, 2.05) is 72.3 Å². The molecule has 0 unspecified atom stereocenters. The maximum atomic E-state index is 6.78. The first kappa shape index (κ1) is 43.0. The molecule has 10 rings (SSSR count). The van der Waals surface area contributed by atoms with Gasteiger partial charge < -0.3 is 14.8 Å². The predicted molar refractivity (Wildman–Crippen MR) is 270 cm³/mol. The van der Waals surface area contributed by atoms with Crippen molar-refractivity contribution in [2.45, 2.75) is 38.8 Å². The van der Waals surface area contributed by atoms with Crippen LogP contribution in [0.3, 0.4) is 0 Å². The molecule has 0 fully saturated rings. The van der Waals surface area contributed by atoms with Crippen LogP contribution in [0.25, 0.3) is 66.6 Å². The van der Waals surface area contributed by atoms with E-state index in [4.69, 9.17) is 29.6 Å². The minimum absolute atomic E-state index is 0.0741. The van der Waals surface area contributed by atoms with Crippen LogP contribution in [0.2, 0.25) is 0 Å². The van der Waals surface area contributed by atoms with Crippen LogP contribution in [0.5, 0.6) is 11.5 Å². The molecule has 0 saturated heterocycles. The number of hydrogen-bond donors (Lipinski definition) is 1. The van der Waals surface area contributed by atoms with E-state index >= 15 is 0 Å². The molecule has 0 bridgehead atoms. The third-order valence-corrected chi connectivity index (χ3v) is 12.7. The van der Waals surface area contributed by atoms with Gasteiger partial charge in [0.2, 0.25) is 0 Å². The van der Waals surface area contributed by atoms with Gasteiger partial charge in [-0.05, 0) is 85.3 Å². The molecule has 10 aromatic rings. The van der Waals surface area contributed by atoms with E-state index in [0.717, 1.165) is 90.8 Å². The monoisotopic (exact) mass is 879 g/mol. The fourth-order valence-corrected chi connectivity index (χ4v) is 8.98. The Bertz CT molecular complexity index is 3060. The molecule has 0 aliphatic carbocycles. The lowest BCUT2D eigenvalue weighted by atomic mass is 9.97. The molecule has 1 N–H and O–H groups in total. The van der Waals surface area contributed by atoms with Gasteiger partial charge in [0.1, 0.15) is 24.7 Å². The van der Waals surface area contributed by atoms with E-state index < -0.39 is 0 Å². The highest BCUT2D eigenvalue weighted by Crippen LogP contribution is 2.37. The largest absolute Gasteiger partial charge is 0.490 e.